The number of carbonyl (C=O) groups excluding carboxylic acids is 1. The van der Waals surface area contributed by atoms with Gasteiger partial charge in [-0.15, -0.1) is 0 Å². The summed E-state index contributed by atoms with van der Waals surface area (Å²) in [6.07, 6.45) is -0.566. The lowest BCUT2D eigenvalue weighted by atomic mass is 9.89. The lowest BCUT2D eigenvalue weighted by molar-refractivity contribution is -0.580. The van der Waals surface area contributed by atoms with Gasteiger partial charge in [0.1, 0.15) is 11.5 Å². The molecule has 2 aliphatic heterocycles. The van der Waals surface area contributed by atoms with Gasteiger partial charge in [-0.05, 0) is 23.8 Å². The molecule has 2 atom stereocenters. The van der Waals surface area contributed by atoms with Gasteiger partial charge < -0.3 is 9.47 Å². The fourth-order valence-corrected chi connectivity index (χ4v) is 3.85. The van der Waals surface area contributed by atoms with Crippen molar-refractivity contribution in [2.45, 2.75) is 25.1 Å². The standard InChI is InChI=1S/C19H18N2O5/c1-13(22)25-15-7-8-17-16(9-15)19(21(23)24)12-20(11-18(19)26-17)10-14-5-3-2-4-6-14/h2-9,18H,10-12H2,1H3/t18-,19+/m0/s1. The third-order valence-corrected chi connectivity index (χ3v) is 4.94. The predicted molar refractivity (Wildman–Crippen MR) is 92.6 cm³/mol. The highest BCUT2D eigenvalue weighted by Crippen LogP contribution is 2.49. The van der Waals surface area contributed by atoms with E-state index in [4.69, 9.17) is 9.47 Å². The van der Waals surface area contributed by atoms with Gasteiger partial charge in [0.15, 0.2) is 6.10 Å². The minimum absolute atomic E-state index is 0.246. The summed E-state index contributed by atoms with van der Waals surface area (Å²) in [5.74, 6) is 0.317. The number of ether oxygens (including phenoxy) is 2. The van der Waals surface area contributed by atoms with E-state index in [9.17, 15) is 14.9 Å². The topological polar surface area (TPSA) is 81.9 Å². The third-order valence-electron chi connectivity index (χ3n) is 4.94. The summed E-state index contributed by atoms with van der Waals surface area (Å²) in [6, 6.07) is 14.6. The van der Waals surface area contributed by atoms with Crippen LogP contribution < -0.4 is 9.47 Å². The molecule has 0 aliphatic carbocycles. The lowest BCUT2D eigenvalue weighted by Crippen LogP contribution is -2.44. The molecule has 2 aromatic carbocycles. The summed E-state index contributed by atoms with van der Waals surface area (Å²) < 4.78 is 11.0. The van der Waals surface area contributed by atoms with E-state index in [2.05, 4.69) is 0 Å². The fourth-order valence-electron chi connectivity index (χ4n) is 3.85. The number of hydrogen-bond acceptors (Lipinski definition) is 6. The van der Waals surface area contributed by atoms with E-state index in [0.717, 1.165) is 5.56 Å². The Morgan fingerprint density at radius 1 is 1.35 bits per heavy atom. The fraction of sp³-hybridized carbons (Fsp3) is 0.316. The van der Waals surface area contributed by atoms with Crippen molar-refractivity contribution in [3.05, 3.63) is 69.8 Å². The van der Waals surface area contributed by atoms with Crippen LogP contribution in [0.2, 0.25) is 0 Å². The molecule has 1 fully saturated rings. The number of carbonyl (C=O) groups is 1. The van der Waals surface area contributed by atoms with Crippen molar-refractivity contribution >= 4 is 5.97 Å². The number of esters is 1. The predicted octanol–water partition coefficient (Wildman–Crippen LogP) is 2.36. The van der Waals surface area contributed by atoms with E-state index in [1.807, 2.05) is 35.2 Å². The van der Waals surface area contributed by atoms with Crippen LogP contribution in [-0.2, 0) is 16.9 Å². The van der Waals surface area contributed by atoms with Gasteiger partial charge in [-0.25, -0.2) is 0 Å². The minimum Gasteiger partial charge on any atom is -0.480 e. The molecule has 0 aromatic heterocycles. The zero-order valence-corrected chi connectivity index (χ0v) is 14.3. The van der Waals surface area contributed by atoms with E-state index in [1.165, 1.54) is 6.92 Å². The Bertz CT molecular complexity index is 869. The summed E-state index contributed by atoms with van der Waals surface area (Å²) in [6.45, 7) is 2.63. The molecule has 134 valence electrons. The Kier molecular flexibility index (Phi) is 3.88. The Hall–Kier alpha value is -2.93. The van der Waals surface area contributed by atoms with Crippen LogP contribution in [0.15, 0.2) is 48.5 Å². The number of hydrogen-bond donors (Lipinski definition) is 0. The average molecular weight is 354 g/mol. The number of fused-ring (bicyclic) bond motifs is 3. The maximum Gasteiger partial charge on any atom is 0.308 e. The quantitative estimate of drug-likeness (QED) is 0.363. The van der Waals surface area contributed by atoms with Gasteiger partial charge in [0.25, 0.3) is 5.54 Å². The molecular weight excluding hydrogens is 336 g/mol. The van der Waals surface area contributed by atoms with Crippen LogP contribution >= 0.6 is 0 Å². The number of nitro groups is 1. The first kappa shape index (κ1) is 16.5. The molecule has 4 rings (SSSR count). The van der Waals surface area contributed by atoms with E-state index in [0.29, 0.717) is 30.2 Å². The SMILES string of the molecule is CC(=O)Oc1ccc2c(c1)[C@]1([N+](=O)[O-])CN(Cc3ccccc3)C[C@@H]1O2. The van der Waals surface area contributed by atoms with E-state index in [-0.39, 0.29) is 11.5 Å². The molecule has 0 spiro atoms. The lowest BCUT2D eigenvalue weighted by Gasteiger charge is -2.19. The molecule has 7 nitrogen and oxygen atoms in total. The van der Waals surface area contributed by atoms with Gasteiger partial charge in [0.05, 0.1) is 12.1 Å². The largest absolute Gasteiger partial charge is 0.480 e. The van der Waals surface area contributed by atoms with Crippen molar-refractivity contribution in [2.24, 2.45) is 0 Å². The Balaban J connectivity index is 1.66. The maximum atomic E-state index is 12.1. The first-order valence-electron chi connectivity index (χ1n) is 8.39. The monoisotopic (exact) mass is 354 g/mol. The van der Waals surface area contributed by atoms with Gasteiger partial charge in [-0.3, -0.25) is 19.8 Å². The van der Waals surface area contributed by atoms with Gasteiger partial charge in [-0.2, -0.15) is 0 Å². The first-order chi connectivity index (χ1) is 12.5. The van der Waals surface area contributed by atoms with Crippen LogP contribution in [0.3, 0.4) is 0 Å². The summed E-state index contributed by atoms with van der Waals surface area (Å²) in [7, 11) is 0. The third kappa shape index (κ3) is 2.61. The molecule has 0 radical (unpaired) electrons. The van der Waals surface area contributed by atoms with E-state index in [1.54, 1.807) is 18.2 Å². The minimum atomic E-state index is -1.35. The van der Waals surface area contributed by atoms with Crippen LogP contribution in [0.4, 0.5) is 0 Å². The smallest absolute Gasteiger partial charge is 0.308 e. The van der Waals surface area contributed by atoms with Crippen LogP contribution in [0.25, 0.3) is 0 Å². The van der Waals surface area contributed by atoms with Crippen molar-refractivity contribution in [1.82, 2.24) is 4.90 Å². The maximum absolute atomic E-state index is 12.1. The van der Waals surface area contributed by atoms with Gasteiger partial charge in [0, 0.05) is 24.9 Å². The normalized spacial score (nSPS) is 23.8. The number of rotatable bonds is 4. The van der Waals surface area contributed by atoms with Crippen LogP contribution in [0, 0.1) is 10.1 Å². The molecule has 0 saturated carbocycles. The summed E-state index contributed by atoms with van der Waals surface area (Å²) in [5, 5.41) is 12.1. The van der Waals surface area contributed by atoms with Crippen molar-refractivity contribution < 1.29 is 19.2 Å². The van der Waals surface area contributed by atoms with Crippen molar-refractivity contribution in [3.63, 3.8) is 0 Å². The van der Waals surface area contributed by atoms with E-state index < -0.39 is 17.6 Å². The van der Waals surface area contributed by atoms with Gasteiger partial charge >= 0.3 is 5.97 Å². The molecule has 0 amide bonds. The second kappa shape index (κ2) is 6.10. The average Bonchev–Trinajstić information content (AvgIpc) is 3.09. The van der Waals surface area contributed by atoms with Crippen molar-refractivity contribution in [2.75, 3.05) is 13.1 Å². The highest BCUT2D eigenvalue weighted by Gasteiger charge is 2.65. The molecule has 2 aliphatic rings. The highest BCUT2D eigenvalue weighted by atomic mass is 16.6. The first-order valence-corrected chi connectivity index (χ1v) is 8.39. The zero-order valence-electron chi connectivity index (χ0n) is 14.3. The van der Waals surface area contributed by atoms with Crippen LogP contribution in [0.1, 0.15) is 18.1 Å². The molecule has 2 aromatic rings. The highest BCUT2D eigenvalue weighted by molar-refractivity contribution is 5.69. The summed E-state index contributed by atoms with van der Waals surface area (Å²) in [5.41, 5.74) is 0.224. The van der Waals surface area contributed by atoms with Gasteiger partial charge in [0.2, 0.25) is 0 Å². The molecule has 2 heterocycles. The molecule has 0 N–H and O–H groups in total. The summed E-state index contributed by atoms with van der Waals surface area (Å²) >= 11 is 0. The second-order valence-corrected chi connectivity index (χ2v) is 6.69. The second-order valence-electron chi connectivity index (χ2n) is 6.69. The molecule has 0 unspecified atom stereocenters. The molecular formula is C19H18N2O5. The molecule has 26 heavy (non-hydrogen) atoms. The summed E-state index contributed by atoms with van der Waals surface area (Å²) in [4.78, 5) is 25.1. The zero-order chi connectivity index (χ0) is 18.3. The Labute approximate surface area is 150 Å². The number of nitrogens with zero attached hydrogens (tertiary/aromatic N) is 2. The molecule has 1 saturated heterocycles. The molecule has 0 bridgehead atoms. The van der Waals surface area contributed by atoms with Crippen molar-refractivity contribution in [3.8, 4) is 11.5 Å². The van der Waals surface area contributed by atoms with E-state index >= 15 is 0 Å². The Morgan fingerprint density at radius 2 is 2.12 bits per heavy atom. The molecule has 7 heteroatoms. The van der Waals surface area contributed by atoms with Crippen molar-refractivity contribution in [1.29, 1.82) is 0 Å². The van der Waals surface area contributed by atoms with Gasteiger partial charge in [-0.1, -0.05) is 30.3 Å². The van der Waals surface area contributed by atoms with Crippen LogP contribution in [0.5, 0.6) is 11.5 Å². The number of benzene rings is 2. The number of likely N-dealkylation sites (tertiary alicyclic amines) is 1. The Morgan fingerprint density at radius 3 is 2.81 bits per heavy atom. The van der Waals surface area contributed by atoms with Crippen LogP contribution in [-0.4, -0.2) is 35.0 Å².